The topological polar surface area (TPSA) is 93.7 Å². The quantitative estimate of drug-likeness (QED) is 0.265. The molecule has 2 N–H and O–H groups in total. The molecule has 7 nitrogen and oxygen atoms in total. The molecule has 0 heterocycles. The summed E-state index contributed by atoms with van der Waals surface area (Å²) >= 11 is 0. The highest BCUT2D eigenvalue weighted by molar-refractivity contribution is 5.98. The lowest BCUT2D eigenvalue weighted by atomic mass is 9.84. The van der Waals surface area contributed by atoms with Gasteiger partial charge in [0.25, 0.3) is 5.91 Å². The molecule has 0 saturated carbocycles. The Bertz CT molecular complexity index is 1090. The van der Waals surface area contributed by atoms with E-state index < -0.39 is 0 Å². The number of anilines is 1. The fourth-order valence-electron chi connectivity index (χ4n) is 4.39. The number of carbonyl (C=O) groups excluding carboxylic acids is 3. The highest BCUT2D eigenvalue weighted by Crippen LogP contribution is 2.35. The summed E-state index contributed by atoms with van der Waals surface area (Å²) in [6.45, 7) is 9.93. The zero-order valence-electron chi connectivity index (χ0n) is 23.3. The predicted molar refractivity (Wildman–Crippen MR) is 147 cm³/mol. The van der Waals surface area contributed by atoms with Crippen molar-refractivity contribution in [3.63, 3.8) is 0 Å². The monoisotopic (exact) mass is 510 g/mol. The van der Waals surface area contributed by atoms with Crippen LogP contribution in [0.1, 0.15) is 99.7 Å². The number of rotatable bonds is 12. The van der Waals surface area contributed by atoms with E-state index in [9.17, 15) is 14.4 Å². The summed E-state index contributed by atoms with van der Waals surface area (Å²) in [6.07, 6.45) is 4.26. The molecular weight excluding hydrogens is 468 g/mol. The SMILES string of the molecule is CCCCCC(CC(=O)Nc1cc(C(=O)NC)ccc1C(C)(C)C)c1ccc(COC(C)=O)cc1OC. The normalized spacial score (nSPS) is 12.0. The van der Waals surface area contributed by atoms with Crippen LogP contribution in [0.15, 0.2) is 36.4 Å². The third-order valence-electron chi connectivity index (χ3n) is 6.36. The van der Waals surface area contributed by atoms with Crippen molar-refractivity contribution in [2.75, 3.05) is 19.5 Å². The molecule has 0 fully saturated rings. The van der Waals surface area contributed by atoms with Crippen molar-refractivity contribution in [3.05, 3.63) is 58.7 Å². The summed E-state index contributed by atoms with van der Waals surface area (Å²) < 4.78 is 10.8. The molecule has 0 spiro atoms. The number of ether oxygens (including phenoxy) is 2. The van der Waals surface area contributed by atoms with E-state index in [4.69, 9.17) is 9.47 Å². The molecule has 0 bridgehead atoms. The van der Waals surface area contributed by atoms with Gasteiger partial charge in [-0.2, -0.15) is 0 Å². The van der Waals surface area contributed by atoms with E-state index in [0.717, 1.165) is 42.4 Å². The molecular formula is C30H42N2O5. The van der Waals surface area contributed by atoms with Crippen molar-refractivity contribution >= 4 is 23.5 Å². The molecule has 0 aromatic heterocycles. The third-order valence-corrected chi connectivity index (χ3v) is 6.36. The fraction of sp³-hybridized carbons (Fsp3) is 0.500. The number of amides is 2. The Morgan fingerprint density at radius 2 is 1.76 bits per heavy atom. The molecule has 2 rings (SSSR count). The number of carbonyl (C=O) groups is 3. The zero-order chi connectivity index (χ0) is 27.6. The number of hydrogen-bond donors (Lipinski definition) is 2. The van der Waals surface area contributed by atoms with Gasteiger partial charge >= 0.3 is 5.97 Å². The Morgan fingerprint density at radius 3 is 2.35 bits per heavy atom. The summed E-state index contributed by atoms with van der Waals surface area (Å²) in [6, 6.07) is 11.2. The second-order valence-corrected chi connectivity index (χ2v) is 10.4. The molecule has 2 aromatic carbocycles. The lowest BCUT2D eigenvalue weighted by molar-refractivity contribution is -0.142. The van der Waals surface area contributed by atoms with Crippen LogP contribution in [-0.2, 0) is 26.3 Å². The minimum absolute atomic E-state index is 0.0514. The second-order valence-electron chi connectivity index (χ2n) is 10.4. The van der Waals surface area contributed by atoms with E-state index in [1.165, 1.54) is 6.92 Å². The third kappa shape index (κ3) is 8.92. The van der Waals surface area contributed by atoms with Crippen molar-refractivity contribution in [2.45, 2.75) is 84.7 Å². The van der Waals surface area contributed by atoms with Gasteiger partial charge < -0.3 is 20.1 Å². The van der Waals surface area contributed by atoms with Crippen LogP contribution >= 0.6 is 0 Å². The fourth-order valence-corrected chi connectivity index (χ4v) is 4.39. The maximum Gasteiger partial charge on any atom is 0.302 e. The van der Waals surface area contributed by atoms with Crippen molar-refractivity contribution in [1.29, 1.82) is 0 Å². The number of unbranched alkanes of at least 4 members (excludes halogenated alkanes) is 2. The van der Waals surface area contributed by atoms with Gasteiger partial charge in [-0.15, -0.1) is 0 Å². The van der Waals surface area contributed by atoms with Gasteiger partial charge in [-0.3, -0.25) is 14.4 Å². The van der Waals surface area contributed by atoms with Crippen molar-refractivity contribution in [2.24, 2.45) is 0 Å². The minimum atomic E-state index is -0.340. The van der Waals surface area contributed by atoms with Gasteiger partial charge in [-0.1, -0.05) is 65.2 Å². The van der Waals surface area contributed by atoms with Crippen molar-refractivity contribution < 1.29 is 23.9 Å². The van der Waals surface area contributed by atoms with E-state index in [-0.39, 0.29) is 42.1 Å². The molecule has 1 unspecified atom stereocenters. The molecule has 0 radical (unpaired) electrons. The highest BCUT2D eigenvalue weighted by atomic mass is 16.5. The van der Waals surface area contributed by atoms with Crippen LogP contribution in [0.25, 0.3) is 0 Å². The minimum Gasteiger partial charge on any atom is -0.496 e. The van der Waals surface area contributed by atoms with E-state index in [1.54, 1.807) is 26.3 Å². The van der Waals surface area contributed by atoms with Crippen LogP contribution in [0.5, 0.6) is 5.75 Å². The Kier molecular flexibility index (Phi) is 11.2. The summed E-state index contributed by atoms with van der Waals surface area (Å²) in [5.74, 6) is -0.0354. The lowest BCUT2D eigenvalue weighted by Crippen LogP contribution is -2.23. The predicted octanol–water partition coefficient (Wildman–Crippen LogP) is 6.11. The molecule has 0 saturated heterocycles. The molecule has 37 heavy (non-hydrogen) atoms. The van der Waals surface area contributed by atoms with Gasteiger partial charge in [0.15, 0.2) is 0 Å². The van der Waals surface area contributed by atoms with Crippen LogP contribution in [0.3, 0.4) is 0 Å². The number of hydrogen-bond acceptors (Lipinski definition) is 5. The first-order valence-corrected chi connectivity index (χ1v) is 13.0. The molecule has 0 aliphatic rings. The van der Waals surface area contributed by atoms with E-state index in [1.807, 2.05) is 24.3 Å². The molecule has 2 amide bonds. The van der Waals surface area contributed by atoms with Gasteiger partial charge in [0.2, 0.25) is 5.91 Å². The van der Waals surface area contributed by atoms with E-state index >= 15 is 0 Å². The van der Waals surface area contributed by atoms with Crippen LogP contribution in [0, 0.1) is 0 Å². The van der Waals surface area contributed by atoms with Crippen LogP contribution < -0.4 is 15.4 Å². The van der Waals surface area contributed by atoms with Crippen LogP contribution in [-0.4, -0.2) is 31.9 Å². The lowest BCUT2D eigenvalue weighted by Gasteiger charge is -2.25. The first-order chi connectivity index (χ1) is 17.5. The number of methoxy groups -OCH3 is 1. The van der Waals surface area contributed by atoms with Gasteiger partial charge in [-0.05, 0) is 52.6 Å². The van der Waals surface area contributed by atoms with E-state index in [2.05, 4.69) is 38.3 Å². The number of nitrogens with one attached hydrogen (secondary N) is 2. The Hall–Kier alpha value is -3.35. The molecule has 1 atom stereocenters. The summed E-state index contributed by atoms with van der Waals surface area (Å²) in [5, 5.41) is 5.73. The van der Waals surface area contributed by atoms with Gasteiger partial charge in [-0.25, -0.2) is 0 Å². The standard InChI is InChI=1S/C30H42N2O5/c1-8-9-10-11-22(24-14-12-21(16-27(24)36-7)19-37-20(2)33)18-28(34)32-26-17-23(29(35)31-6)13-15-25(26)30(3,4)5/h12-17,22H,8-11,18-19H2,1-7H3,(H,31,35)(H,32,34). The summed E-state index contributed by atoms with van der Waals surface area (Å²) in [7, 11) is 3.20. The van der Waals surface area contributed by atoms with Crippen LogP contribution in [0.2, 0.25) is 0 Å². The maximum atomic E-state index is 13.4. The molecule has 0 aliphatic carbocycles. The Balaban J connectivity index is 2.34. The second kappa shape index (κ2) is 13.8. The van der Waals surface area contributed by atoms with E-state index in [0.29, 0.717) is 17.0 Å². The smallest absolute Gasteiger partial charge is 0.302 e. The first kappa shape index (κ1) is 29.9. The summed E-state index contributed by atoms with van der Waals surface area (Å²) in [5.41, 5.74) is 3.67. The average Bonchev–Trinajstić information content (AvgIpc) is 2.85. The van der Waals surface area contributed by atoms with Gasteiger partial charge in [0.05, 0.1) is 7.11 Å². The molecule has 7 heteroatoms. The molecule has 202 valence electrons. The average molecular weight is 511 g/mol. The Morgan fingerprint density at radius 1 is 1.03 bits per heavy atom. The van der Waals surface area contributed by atoms with Crippen molar-refractivity contribution in [3.8, 4) is 5.75 Å². The zero-order valence-corrected chi connectivity index (χ0v) is 23.3. The number of esters is 1. The summed E-state index contributed by atoms with van der Waals surface area (Å²) in [4.78, 5) is 36.8. The first-order valence-electron chi connectivity index (χ1n) is 13.0. The maximum absolute atomic E-state index is 13.4. The Labute approximate surface area is 221 Å². The number of benzene rings is 2. The molecule has 0 aliphatic heterocycles. The largest absolute Gasteiger partial charge is 0.496 e. The van der Waals surface area contributed by atoms with Crippen LogP contribution in [0.4, 0.5) is 5.69 Å². The molecule has 2 aromatic rings. The van der Waals surface area contributed by atoms with Gasteiger partial charge in [0, 0.05) is 31.6 Å². The highest BCUT2D eigenvalue weighted by Gasteiger charge is 2.24. The van der Waals surface area contributed by atoms with Gasteiger partial charge in [0.1, 0.15) is 12.4 Å². The van der Waals surface area contributed by atoms with Crippen molar-refractivity contribution in [1.82, 2.24) is 5.32 Å².